The van der Waals surface area contributed by atoms with Crippen LogP contribution in [0.4, 0.5) is 0 Å². The molecule has 0 aliphatic carbocycles. The van der Waals surface area contributed by atoms with E-state index >= 15 is 0 Å². The highest BCUT2D eigenvalue weighted by Gasteiger charge is 1.99. The summed E-state index contributed by atoms with van der Waals surface area (Å²) < 4.78 is 0. The first-order chi connectivity index (χ1) is 5.31. The monoisotopic (exact) mass is 155 g/mol. The Balaban J connectivity index is 2.97. The quantitative estimate of drug-likeness (QED) is 0.483. The Bertz CT molecular complexity index is 66.4. The van der Waals surface area contributed by atoms with E-state index in [9.17, 15) is 0 Å². The lowest BCUT2D eigenvalue weighted by molar-refractivity contribution is 0.529. The van der Waals surface area contributed by atoms with E-state index < -0.39 is 0 Å². The van der Waals surface area contributed by atoms with Gasteiger partial charge < -0.3 is 0 Å². The van der Waals surface area contributed by atoms with Crippen LogP contribution in [0.1, 0.15) is 59.3 Å². The van der Waals surface area contributed by atoms with E-state index in [4.69, 9.17) is 0 Å². The van der Waals surface area contributed by atoms with Crippen molar-refractivity contribution in [3.8, 4) is 0 Å². The molecular formula is C11H23. The van der Waals surface area contributed by atoms with Gasteiger partial charge in [-0.05, 0) is 12.3 Å². The van der Waals surface area contributed by atoms with Gasteiger partial charge in [-0.3, -0.25) is 0 Å². The highest BCUT2D eigenvalue weighted by atomic mass is 14.0. The Morgan fingerprint density at radius 1 is 1.09 bits per heavy atom. The predicted molar refractivity (Wildman–Crippen MR) is 52.5 cm³/mol. The first kappa shape index (κ1) is 11.0. The second kappa shape index (κ2) is 8.10. The molecule has 0 saturated carbocycles. The van der Waals surface area contributed by atoms with E-state index in [0.29, 0.717) is 0 Å². The molecule has 0 aromatic carbocycles. The summed E-state index contributed by atoms with van der Waals surface area (Å²) in [5.41, 5.74) is 0. The molecule has 0 spiro atoms. The Labute approximate surface area is 72.4 Å². The van der Waals surface area contributed by atoms with Crippen molar-refractivity contribution in [1.29, 1.82) is 0 Å². The van der Waals surface area contributed by atoms with Crippen molar-refractivity contribution in [2.24, 2.45) is 5.92 Å². The molecule has 0 aliphatic heterocycles. The van der Waals surface area contributed by atoms with Crippen LogP contribution < -0.4 is 0 Å². The van der Waals surface area contributed by atoms with Gasteiger partial charge in [0.1, 0.15) is 0 Å². The van der Waals surface area contributed by atoms with Crippen molar-refractivity contribution in [3.63, 3.8) is 0 Å². The zero-order chi connectivity index (χ0) is 8.53. The highest BCUT2D eigenvalue weighted by molar-refractivity contribution is 4.69. The van der Waals surface area contributed by atoms with E-state index in [0.717, 1.165) is 5.92 Å². The first-order valence-electron chi connectivity index (χ1n) is 5.14. The number of unbranched alkanes of at least 4 members (excludes halogenated alkanes) is 3. The normalized spacial score (nSPS) is 13.4. The molecule has 0 amide bonds. The average molecular weight is 155 g/mol. The molecule has 0 saturated heterocycles. The third-order valence-corrected chi connectivity index (χ3v) is 2.15. The average Bonchev–Trinajstić information content (AvgIpc) is 1.99. The predicted octanol–water partition coefficient (Wildman–Crippen LogP) is 4.21. The first-order valence-corrected chi connectivity index (χ1v) is 5.14. The summed E-state index contributed by atoms with van der Waals surface area (Å²) in [6.45, 7) is 6.82. The van der Waals surface area contributed by atoms with Crippen molar-refractivity contribution < 1.29 is 0 Å². The van der Waals surface area contributed by atoms with Crippen LogP contribution in [-0.4, -0.2) is 0 Å². The lowest BCUT2D eigenvalue weighted by atomic mass is 9.98. The highest BCUT2D eigenvalue weighted by Crippen LogP contribution is 2.13. The fourth-order valence-corrected chi connectivity index (χ4v) is 1.41. The Morgan fingerprint density at radius 3 is 2.36 bits per heavy atom. The molecule has 0 heterocycles. The van der Waals surface area contributed by atoms with Crippen molar-refractivity contribution in [1.82, 2.24) is 0 Å². The van der Waals surface area contributed by atoms with Gasteiger partial charge in [0.25, 0.3) is 0 Å². The van der Waals surface area contributed by atoms with Gasteiger partial charge in [-0.15, -0.1) is 0 Å². The van der Waals surface area contributed by atoms with E-state index in [1.807, 2.05) is 0 Å². The van der Waals surface area contributed by atoms with Crippen LogP contribution in [0.3, 0.4) is 0 Å². The maximum atomic E-state index is 2.42. The second-order valence-electron chi connectivity index (χ2n) is 3.47. The van der Waals surface area contributed by atoms with Crippen molar-refractivity contribution in [2.45, 2.75) is 59.3 Å². The van der Waals surface area contributed by atoms with E-state index in [1.54, 1.807) is 0 Å². The minimum atomic E-state index is 0.844. The van der Waals surface area contributed by atoms with Crippen LogP contribution >= 0.6 is 0 Å². The Kier molecular flexibility index (Phi) is 8.10. The van der Waals surface area contributed by atoms with Gasteiger partial charge in [0.15, 0.2) is 0 Å². The summed E-state index contributed by atoms with van der Waals surface area (Å²) in [4.78, 5) is 0. The molecule has 0 aromatic rings. The summed E-state index contributed by atoms with van der Waals surface area (Å²) in [6.07, 6.45) is 10.7. The third kappa shape index (κ3) is 7.90. The van der Waals surface area contributed by atoms with Gasteiger partial charge in [-0.2, -0.15) is 0 Å². The SMILES string of the molecule is CC[CH]C(C)CCCCCC. The van der Waals surface area contributed by atoms with Crippen LogP contribution in [0, 0.1) is 12.3 Å². The van der Waals surface area contributed by atoms with Crippen LogP contribution in [-0.2, 0) is 0 Å². The minimum absolute atomic E-state index is 0.844. The molecule has 0 N–H and O–H groups in total. The van der Waals surface area contributed by atoms with Gasteiger partial charge in [0.2, 0.25) is 0 Å². The van der Waals surface area contributed by atoms with Crippen LogP contribution in [0.2, 0.25) is 0 Å². The fraction of sp³-hybridized carbons (Fsp3) is 0.909. The van der Waals surface area contributed by atoms with Crippen LogP contribution in [0.25, 0.3) is 0 Å². The van der Waals surface area contributed by atoms with E-state index in [-0.39, 0.29) is 0 Å². The largest absolute Gasteiger partial charge is 0.0654 e. The standard InChI is InChI=1S/C11H23/c1-4-6-7-8-10-11(3)9-5-2/h9,11H,4-8,10H2,1-3H3. The summed E-state index contributed by atoms with van der Waals surface area (Å²) in [6, 6.07) is 0. The maximum absolute atomic E-state index is 2.42. The molecule has 0 aromatic heterocycles. The summed E-state index contributed by atoms with van der Waals surface area (Å²) in [5.74, 6) is 0.844. The third-order valence-electron chi connectivity index (χ3n) is 2.15. The Hall–Kier alpha value is 0. The number of hydrogen-bond acceptors (Lipinski definition) is 0. The van der Waals surface area contributed by atoms with Gasteiger partial charge >= 0.3 is 0 Å². The van der Waals surface area contributed by atoms with E-state index in [2.05, 4.69) is 27.2 Å². The zero-order valence-electron chi connectivity index (χ0n) is 8.40. The van der Waals surface area contributed by atoms with Crippen molar-refractivity contribution >= 4 is 0 Å². The van der Waals surface area contributed by atoms with Crippen LogP contribution in [0.15, 0.2) is 0 Å². The maximum Gasteiger partial charge on any atom is -0.0360 e. The molecule has 11 heavy (non-hydrogen) atoms. The summed E-state index contributed by atoms with van der Waals surface area (Å²) >= 11 is 0. The van der Waals surface area contributed by atoms with Gasteiger partial charge in [-0.25, -0.2) is 0 Å². The number of hydrogen-bond donors (Lipinski definition) is 0. The number of rotatable bonds is 7. The van der Waals surface area contributed by atoms with Gasteiger partial charge in [0.05, 0.1) is 0 Å². The molecule has 1 unspecified atom stereocenters. The molecule has 0 rings (SSSR count). The molecule has 0 fully saturated rings. The lowest BCUT2D eigenvalue weighted by Crippen LogP contribution is -1.94. The van der Waals surface area contributed by atoms with E-state index in [1.165, 1.54) is 38.5 Å². The summed E-state index contributed by atoms with van der Waals surface area (Å²) in [5, 5.41) is 0. The fourth-order valence-electron chi connectivity index (χ4n) is 1.41. The van der Waals surface area contributed by atoms with Gasteiger partial charge in [0, 0.05) is 0 Å². The van der Waals surface area contributed by atoms with Crippen molar-refractivity contribution in [2.75, 3.05) is 0 Å². The molecule has 0 nitrogen and oxygen atoms in total. The Morgan fingerprint density at radius 2 is 1.82 bits per heavy atom. The summed E-state index contributed by atoms with van der Waals surface area (Å²) in [7, 11) is 0. The second-order valence-corrected chi connectivity index (χ2v) is 3.47. The molecular weight excluding hydrogens is 132 g/mol. The molecule has 1 radical (unpaired) electrons. The molecule has 1 atom stereocenters. The van der Waals surface area contributed by atoms with Crippen molar-refractivity contribution in [3.05, 3.63) is 6.42 Å². The van der Waals surface area contributed by atoms with Crippen LogP contribution in [0.5, 0.6) is 0 Å². The van der Waals surface area contributed by atoms with Gasteiger partial charge in [-0.1, -0.05) is 59.3 Å². The zero-order valence-corrected chi connectivity index (χ0v) is 8.40. The molecule has 0 heteroatoms. The molecule has 0 aliphatic rings. The minimum Gasteiger partial charge on any atom is -0.0654 e. The topological polar surface area (TPSA) is 0 Å². The smallest absolute Gasteiger partial charge is 0.0360 e. The molecule has 67 valence electrons. The molecule has 0 bridgehead atoms. The lowest BCUT2D eigenvalue weighted by Gasteiger charge is -2.08.